The number of ether oxygens (including phenoxy) is 1. The molecule has 1 unspecified atom stereocenters. The lowest BCUT2D eigenvalue weighted by atomic mass is 9.85. The second kappa shape index (κ2) is 5.25. The summed E-state index contributed by atoms with van der Waals surface area (Å²) in [5.74, 6) is -0.441. The van der Waals surface area contributed by atoms with Gasteiger partial charge in [-0.15, -0.1) is 0 Å². The van der Waals surface area contributed by atoms with Crippen molar-refractivity contribution in [1.29, 1.82) is 0 Å². The normalized spacial score (nSPS) is 22.8. The second-order valence-electron chi connectivity index (χ2n) is 6.07. The summed E-state index contributed by atoms with van der Waals surface area (Å²) in [4.78, 5) is 16.1. The maximum absolute atomic E-state index is 13.2. The Kier molecular flexibility index (Phi) is 3.65. The molecule has 22 heavy (non-hydrogen) atoms. The number of aromatic nitrogens is 1. The third kappa shape index (κ3) is 2.48. The lowest BCUT2D eigenvalue weighted by Gasteiger charge is -2.25. The molecule has 1 atom stereocenters. The van der Waals surface area contributed by atoms with E-state index in [1.807, 2.05) is 0 Å². The smallest absolute Gasteiger partial charge is 0.399 e. The van der Waals surface area contributed by atoms with E-state index in [0.29, 0.717) is 31.6 Å². The van der Waals surface area contributed by atoms with Gasteiger partial charge in [0.05, 0.1) is 18.2 Å². The first kappa shape index (κ1) is 15.3. The van der Waals surface area contributed by atoms with Crippen LogP contribution in [0.1, 0.15) is 43.1 Å². The average Bonchev–Trinajstić information content (AvgIpc) is 3.27. The number of halogens is 3. The zero-order chi connectivity index (χ0) is 16.0. The number of fused-ring (bicyclic) bond motifs is 1. The Hall–Kier alpha value is -1.59. The van der Waals surface area contributed by atoms with Crippen molar-refractivity contribution in [3.8, 4) is 0 Å². The number of hydrogen-bond acceptors (Lipinski definition) is 3. The maximum atomic E-state index is 13.2. The van der Waals surface area contributed by atoms with Gasteiger partial charge in [-0.3, -0.25) is 9.78 Å². The van der Waals surface area contributed by atoms with Crippen LogP contribution < -0.4 is 0 Å². The predicted octanol–water partition coefficient (Wildman–Crippen LogP) is 3.34. The van der Waals surface area contributed by atoms with Crippen LogP contribution in [0.3, 0.4) is 0 Å². The van der Waals surface area contributed by atoms with Crippen molar-refractivity contribution < 1.29 is 22.7 Å². The van der Waals surface area contributed by atoms with E-state index >= 15 is 0 Å². The maximum Gasteiger partial charge on any atom is 0.399 e. The molecule has 3 nitrogen and oxygen atoms in total. The predicted molar refractivity (Wildman–Crippen MR) is 73.4 cm³/mol. The minimum absolute atomic E-state index is 0.119. The minimum Gasteiger partial charge on any atom is -0.466 e. The summed E-state index contributed by atoms with van der Waals surface area (Å²) in [7, 11) is 0. The number of carbonyl (C=O) groups excluding carboxylic acids is 1. The van der Waals surface area contributed by atoms with Gasteiger partial charge >= 0.3 is 12.1 Å². The van der Waals surface area contributed by atoms with Crippen LogP contribution in [0.5, 0.6) is 0 Å². The molecular formula is C16H18F3NO2. The second-order valence-corrected chi connectivity index (χ2v) is 6.07. The molecule has 6 heteroatoms. The highest BCUT2D eigenvalue weighted by Crippen LogP contribution is 2.58. The summed E-state index contributed by atoms with van der Waals surface area (Å²) in [5.41, 5.74) is -0.0343. The molecule has 1 aromatic rings. The molecule has 2 aliphatic carbocycles. The summed E-state index contributed by atoms with van der Waals surface area (Å²) in [5, 5.41) is 0. The van der Waals surface area contributed by atoms with E-state index in [-0.39, 0.29) is 30.4 Å². The highest BCUT2D eigenvalue weighted by atomic mass is 19.4. The molecular weight excluding hydrogens is 295 g/mol. The van der Waals surface area contributed by atoms with Crippen LogP contribution in [0.15, 0.2) is 12.1 Å². The van der Waals surface area contributed by atoms with Gasteiger partial charge in [0.25, 0.3) is 0 Å². The highest BCUT2D eigenvalue weighted by molar-refractivity contribution is 5.73. The molecule has 0 aromatic carbocycles. The molecule has 1 saturated carbocycles. The first-order valence-electron chi connectivity index (χ1n) is 7.60. The molecule has 1 heterocycles. The lowest BCUT2D eigenvalue weighted by Crippen LogP contribution is -2.31. The molecule has 1 fully saturated rings. The summed E-state index contributed by atoms with van der Waals surface area (Å²) in [6, 6.07) is 3.18. The van der Waals surface area contributed by atoms with Crippen molar-refractivity contribution in [1.82, 2.24) is 4.98 Å². The largest absolute Gasteiger partial charge is 0.466 e. The quantitative estimate of drug-likeness (QED) is 0.803. The minimum atomic E-state index is -4.24. The van der Waals surface area contributed by atoms with Crippen LogP contribution in [-0.2, 0) is 27.8 Å². The number of esters is 1. The number of aryl methyl sites for hydroxylation is 1. The Morgan fingerprint density at radius 2 is 2.14 bits per heavy atom. The molecule has 2 aliphatic rings. The van der Waals surface area contributed by atoms with E-state index in [4.69, 9.17) is 4.74 Å². The van der Waals surface area contributed by atoms with E-state index in [9.17, 15) is 18.0 Å². The summed E-state index contributed by atoms with van der Waals surface area (Å²) < 4.78 is 44.5. The first-order valence-corrected chi connectivity index (χ1v) is 7.60. The van der Waals surface area contributed by atoms with E-state index in [0.717, 1.165) is 5.56 Å². The van der Waals surface area contributed by atoms with Gasteiger partial charge in [0.15, 0.2) is 0 Å². The molecule has 1 aromatic heterocycles. The summed E-state index contributed by atoms with van der Waals surface area (Å²) in [6.07, 6.45) is -2.39. The van der Waals surface area contributed by atoms with E-state index in [1.165, 1.54) is 6.07 Å². The number of hydrogen-bond donors (Lipinski definition) is 0. The van der Waals surface area contributed by atoms with E-state index in [1.54, 1.807) is 13.0 Å². The van der Waals surface area contributed by atoms with Crippen LogP contribution in [0.25, 0.3) is 0 Å². The SMILES string of the molecule is CCOC(=O)C1CCc2nc(C3(C(F)(F)F)CC3)ccc2C1. The Bertz CT molecular complexity index is 594. The average molecular weight is 313 g/mol. The fraction of sp³-hybridized carbons (Fsp3) is 0.625. The Morgan fingerprint density at radius 3 is 2.73 bits per heavy atom. The first-order chi connectivity index (χ1) is 10.4. The Morgan fingerprint density at radius 1 is 1.41 bits per heavy atom. The van der Waals surface area contributed by atoms with Gasteiger partial charge in [-0.25, -0.2) is 0 Å². The Balaban J connectivity index is 1.81. The molecule has 0 aliphatic heterocycles. The van der Waals surface area contributed by atoms with Gasteiger partial charge < -0.3 is 4.74 Å². The standard InChI is InChI=1S/C16H18F3NO2/c1-2-22-14(21)11-3-5-12-10(9-11)4-6-13(20-12)15(7-8-15)16(17,18)19/h4,6,11H,2-3,5,7-9H2,1H3. The number of nitrogens with zero attached hydrogens (tertiary/aromatic N) is 1. The van der Waals surface area contributed by atoms with Gasteiger partial charge in [-0.2, -0.15) is 13.2 Å². The van der Waals surface area contributed by atoms with Crippen LogP contribution in [0, 0.1) is 5.92 Å². The molecule has 3 rings (SSSR count). The number of rotatable bonds is 3. The van der Waals surface area contributed by atoms with Crippen LogP contribution in [0.4, 0.5) is 13.2 Å². The topological polar surface area (TPSA) is 39.2 Å². The number of pyridine rings is 1. The summed E-state index contributed by atoms with van der Waals surface area (Å²) >= 11 is 0. The monoisotopic (exact) mass is 313 g/mol. The molecule has 0 bridgehead atoms. The highest BCUT2D eigenvalue weighted by Gasteiger charge is 2.65. The third-order valence-electron chi connectivity index (χ3n) is 4.67. The van der Waals surface area contributed by atoms with Gasteiger partial charge in [0.2, 0.25) is 0 Å². The van der Waals surface area contributed by atoms with Crippen LogP contribution >= 0.6 is 0 Å². The van der Waals surface area contributed by atoms with Crippen molar-refractivity contribution in [3.05, 3.63) is 29.1 Å². The van der Waals surface area contributed by atoms with Gasteiger partial charge in [0.1, 0.15) is 5.41 Å². The van der Waals surface area contributed by atoms with Gasteiger partial charge in [-0.1, -0.05) is 6.07 Å². The van der Waals surface area contributed by atoms with Crippen molar-refractivity contribution in [3.63, 3.8) is 0 Å². The van der Waals surface area contributed by atoms with Crippen molar-refractivity contribution in [2.45, 2.75) is 50.6 Å². The van der Waals surface area contributed by atoms with Gasteiger partial charge in [0, 0.05) is 5.69 Å². The van der Waals surface area contributed by atoms with Gasteiger partial charge in [-0.05, 0) is 50.7 Å². The lowest BCUT2D eigenvalue weighted by molar-refractivity contribution is -0.161. The third-order valence-corrected chi connectivity index (χ3v) is 4.67. The zero-order valence-corrected chi connectivity index (χ0v) is 12.4. The number of alkyl halides is 3. The molecule has 0 radical (unpaired) electrons. The van der Waals surface area contributed by atoms with Crippen molar-refractivity contribution >= 4 is 5.97 Å². The van der Waals surface area contributed by atoms with Crippen LogP contribution in [-0.4, -0.2) is 23.7 Å². The molecule has 0 amide bonds. The van der Waals surface area contributed by atoms with Crippen LogP contribution in [0.2, 0.25) is 0 Å². The molecule has 0 spiro atoms. The van der Waals surface area contributed by atoms with E-state index in [2.05, 4.69) is 4.98 Å². The molecule has 0 saturated heterocycles. The van der Waals surface area contributed by atoms with E-state index < -0.39 is 11.6 Å². The summed E-state index contributed by atoms with van der Waals surface area (Å²) in [6.45, 7) is 2.10. The van der Waals surface area contributed by atoms with Crippen molar-refractivity contribution in [2.75, 3.05) is 6.61 Å². The zero-order valence-electron chi connectivity index (χ0n) is 12.4. The fourth-order valence-corrected chi connectivity index (χ4v) is 3.15. The molecule has 0 N–H and O–H groups in total. The van der Waals surface area contributed by atoms with Crippen molar-refractivity contribution in [2.24, 2.45) is 5.92 Å². The molecule has 120 valence electrons. The number of carbonyl (C=O) groups is 1. The fourth-order valence-electron chi connectivity index (χ4n) is 3.15. The Labute approximate surface area is 126 Å².